The molecule has 0 atom stereocenters. The number of nitrogens with zero attached hydrogens (tertiary/aromatic N) is 2. The lowest BCUT2D eigenvalue weighted by molar-refractivity contribution is 0.795. The van der Waals surface area contributed by atoms with E-state index in [9.17, 15) is 0 Å². The number of aromatic nitrogens is 2. The van der Waals surface area contributed by atoms with Gasteiger partial charge < -0.3 is 5.73 Å². The third-order valence-electron chi connectivity index (χ3n) is 2.36. The Kier molecular flexibility index (Phi) is 2.56. The van der Waals surface area contributed by atoms with E-state index in [1.54, 1.807) is 0 Å². The van der Waals surface area contributed by atoms with Crippen LogP contribution in [-0.4, -0.2) is 9.78 Å². The molecule has 2 N–H and O–H groups in total. The highest BCUT2D eigenvalue weighted by Gasteiger charge is 2.05. The average Bonchev–Trinajstić information content (AvgIpc) is 2.59. The molecular weight excluding hydrogens is 186 g/mol. The maximum absolute atomic E-state index is 5.68. The summed E-state index contributed by atoms with van der Waals surface area (Å²) in [4.78, 5) is 0. The van der Waals surface area contributed by atoms with Gasteiger partial charge in [0.2, 0.25) is 0 Å². The maximum Gasteiger partial charge on any atom is 0.0652 e. The van der Waals surface area contributed by atoms with Crippen LogP contribution in [0.2, 0.25) is 0 Å². The van der Waals surface area contributed by atoms with Gasteiger partial charge in [-0.3, -0.25) is 0 Å². The summed E-state index contributed by atoms with van der Waals surface area (Å²) in [7, 11) is 0. The van der Waals surface area contributed by atoms with Crippen molar-refractivity contribution in [3.63, 3.8) is 0 Å². The van der Waals surface area contributed by atoms with Crippen molar-refractivity contribution in [2.45, 2.75) is 20.4 Å². The third-order valence-corrected chi connectivity index (χ3v) is 2.36. The van der Waals surface area contributed by atoms with E-state index in [1.165, 1.54) is 5.56 Å². The van der Waals surface area contributed by atoms with Crippen molar-refractivity contribution in [1.29, 1.82) is 0 Å². The molecule has 0 bridgehead atoms. The van der Waals surface area contributed by atoms with Crippen molar-refractivity contribution in [2.75, 3.05) is 0 Å². The molecule has 0 aliphatic rings. The summed E-state index contributed by atoms with van der Waals surface area (Å²) >= 11 is 0. The Bertz CT molecular complexity index is 471. The van der Waals surface area contributed by atoms with Crippen LogP contribution >= 0.6 is 0 Å². The molecule has 2 rings (SSSR count). The fourth-order valence-electron chi connectivity index (χ4n) is 1.68. The minimum absolute atomic E-state index is 0.509. The van der Waals surface area contributed by atoms with Crippen LogP contribution in [0.25, 0.3) is 5.69 Å². The number of rotatable bonds is 2. The SMILES string of the molecule is Cc1cccc(-n2nc(C)cc2CN)c1. The van der Waals surface area contributed by atoms with Crippen LogP contribution in [-0.2, 0) is 6.54 Å². The molecule has 0 radical (unpaired) electrons. The van der Waals surface area contributed by atoms with Gasteiger partial charge in [-0.2, -0.15) is 5.10 Å². The Morgan fingerprint density at radius 1 is 1.27 bits per heavy atom. The zero-order valence-electron chi connectivity index (χ0n) is 9.07. The van der Waals surface area contributed by atoms with Crippen molar-refractivity contribution in [3.8, 4) is 5.69 Å². The molecule has 3 heteroatoms. The van der Waals surface area contributed by atoms with E-state index in [4.69, 9.17) is 5.73 Å². The standard InChI is InChI=1S/C12H15N3/c1-9-4-3-5-11(6-9)15-12(8-13)7-10(2)14-15/h3-7H,8,13H2,1-2H3. The molecule has 78 valence electrons. The summed E-state index contributed by atoms with van der Waals surface area (Å²) in [5.74, 6) is 0. The molecule has 0 aliphatic carbocycles. The molecule has 0 unspecified atom stereocenters. The van der Waals surface area contributed by atoms with Gasteiger partial charge in [-0.05, 0) is 37.6 Å². The fraction of sp³-hybridized carbons (Fsp3) is 0.250. The lowest BCUT2D eigenvalue weighted by atomic mass is 10.2. The van der Waals surface area contributed by atoms with Gasteiger partial charge in [-0.15, -0.1) is 0 Å². The highest BCUT2D eigenvalue weighted by atomic mass is 15.3. The van der Waals surface area contributed by atoms with E-state index in [1.807, 2.05) is 29.8 Å². The second-order valence-corrected chi connectivity index (χ2v) is 3.73. The second kappa shape index (κ2) is 3.87. The molecule has 0 spiro atoms. The molecular formula is C12H15N3. The zero-order chi connectivity index (χ0) is 10.8. The van der Waals surface area contributed by atoms with Crippen LogP contribution < -0.4 is 5.73 Å². The predicted molar refractivity (Wildman–Crippen MR) is 60.9 cm³/mol. The zero-order valence-corrected chi connectivity index (χ0v) is 9.07. The van der Waals surface area contributed by atoms with E-state index >= 15 is 0 Å². The average molecular weight is 201 g/mol. The lowest BCUT2D eigenvalue weighted by Gasteiger charge is -2.06. The molecule has 1 heterocycles. The minimum Gasteiger partial charge on any atom is -0.325 e. The maximum atomic E-state index is 5.68. The van der Waals surface area contributed by atoms with Crippen molar-refractivity contribution < 1.29 is 0 Å². The summed E-state index contributed by atoms with van der Waals surface area (Å²) < 4.78 is 1.91. The molecule has 15 heavy (non-hydrogen) atoms. The number of benzene rings is 1. The Morgan fingerprint density at radius 2 is 2.07 bits per heavy atom. The smallest absolute Gasteiger partial charge is 0.0652 e. The number of hydrogen-bond donors (Lipinski definition) is 1. The first-order valence-corrected chi connectivity index (χ1v) is 5.03. The van der Waals surface area contributed by atoms with Crippen LogP contribution in [0.15, 0.2) is 30.3 Å². The first-order valence-electron chi connectivity index (χ1n) is 5.03. The molecule has 0 saturated carbocycles. The summed E-state index contributed by atoms with van der Waals surface area (Å²) in [5.41, 5.74) is 10.0. The molecule has 3 nitrogen and oxygen atoms in total. The van der Waals surface area contributed by atoms with E-state index in [2.05, 4.69) is 24.2 Å². The molecule has 0 fully saturated rings. The van der Waals surface area contributed by atoms with Crippen LogP contribution in [0, 0.1) is 13.8 Å². The van der Waals surface area contributed by atoms with Crippen molar-refractivity contribution in [2.24, 2.45) is 5.73 Å². The summed E-state index contributed by atoms with van der Waals surface area (Å²) in [6.07, 6.45) is 0. The first kappa shape index (κ1) is 9.93. The van der Waals surface area contributed by atoms with Gasteiger partial charge in [-0.25, -0.2) is 4.68 Å². The third kappa shape index (κ3) is 1.92. The monoisotopic (exact) mass is 201 g/mol. The molecule has 0 amide bonds. The molecule has 2 aromatic rings. The van der Waals surface area contributed by atoms with Gasteiger partial charge in [0, 0.05) is 6.54 Å². The van der Waals surface area contributed by atoms with Gasteiger partial charge >= 0.3 is 0 Å². The van der Waals surface area contributed by atoms with Crippen LogP contribution in [0.1, 0.15) is 17.0 Å². The second-order valence-electron chi connectivity index (χ2n) is 3.73. The summed E-state index contributed by atoms with van der Waals surface area (Å²) in [6.45, 7) is 4.56. The van der Waals surface area contributed by atoms with Gasteiger partial charge in [-0.1, -0.05) is 12.1 Å². The molecule has 1 aromatic carbocycles. The van der Waals surface area contributed by atoms with Crippen molar-refractivity contribution >= 4 is 0 Å². The number of nitrogens with two attached hydrogens (primary N) is 1. The Hall–Kier alpha value is -1.61. The van der Waals surface area contributed by atoms with Crippen LogP contribution in [0.5, 0.6) is 0 Å². The Labute approximate surface area is 89.5 Å². The van der Waals surface area contributed by atoms with Crippen LogP contribution in [0.4, 0.5) is 0 Å². The van der Waals surface area contributed by atoms with Gasteiger partial charge in [0.1, 0.15) is 0 Å². The van der Waals surface area contributed by atoms with Gasteiger partial charge in [0.05, 0.1) is 17.1 Å². The van der Waals surface area contributed by atoms with E-state index < -0.39 is 0 Å². The Morgan fingerprint density at radius 3 is 2.73 bits per heavy atom. The van der Waals surface area contributed by atoms with E-state index in [-0.39, 0.29) is 0 Å². The first-order chi connectivity index (χ1) is 7.20. The Balaban J connectivity index is 2.53. The summed E-state index contributed by atoms with van der Waals surface area (Å²) in [5, 5.41) is 4.43. The topological polar surface area (TPSA) is 43.8 Å². The van der Waals surface area contributed by atoms with Gasteiger partial charge in [0.25, 0.3) is 0 Å². The predicted octanol–water partition coefficient (Wildman–Crippen LogP) is 1.95. The van der Waals surface area contributed by atoms with E-state index in [0.29, 0.717) is 6.54 Å². The quantitative estimate of drug-likeness (QED) is 0.807. The van der Waals surface area contributed by atoms with Crippen molar-refractivity contribution in [1.82, 2.24) is 9.78 Å². The largest absolute Gasteiger partial charge is 0.325 e. The van der Waals surface area contributed by atoms with Crippen LogP contribution in [0.3, 0.4) is 0 Å². The number of aryl methyl sites for hydroxylation is 2. The molecule has 0 saturated heterocycles. The number of hydrogen-bond acceptors (Lipinski definition) is 2. The lowest BCUT2D eigenvalue weighted by Crippen LogP contribution is -2.06. The molecule has 1 aromatic heterocycles. The normalized spacial score (nSPS) is 10.6. The minimum atomic E-state index is 0.509. The summed E-state index contributed by atoms with van der Waals surface area (Å²) in [6, 6.07) is 10.3. The van der Waals surface area contributed by atoms with Gasteiger partial charge in [0.15, 0.2) is 0 Å². The van der Waals surface area contributed by atoms with Crippen molar-refractivity contribution in [3.05, 3.63) is 47.3 Å². The molecule has 0 aliphatic heterocycles. The highest BCUT2D eigenvalue weighted by molar-refractivity contribution is 5.36. The highest BCUT2D eigenvalue weighted by Crippen LogP contribution is 2.13. The fourth-order valence-corrected chi connectivity index (χ4v) is 1.68. The van der Waals surface area contributed by atoms with E-state index in [0.717, 1.165) is 17.1 Å².